The van der Waals surface area contributed by atoms with Crippen LogP contribution in [0.4, 0.5) is 4.79 Å². The third-order valence-electron chi connectivity index (χ3n) is 5.06. The van der Waals surface area contributed by atoms with Gasteiger partial charge in [-0.3, -0.25) is 4.98 Å². The van der Waals surface area contributed by atoms with E-state index in [0.29, 0.717) is 6.04 Å². The summed E-state index contributed by atoms with van der Waals surface area (Å²) in [5, 5.41) is 6.06. The van der Waals surface area contributed by atoms with Crippen LogP contribution in [0.1, 0.15) is 58.4 Å². The van der Waals surface area contributed by atoms with Crippen molar-refractivity contribution >= 4 is 6.09 Å². The zero-order valence-corrected chi connectivity index (χ0v) is 19.5. The first-order valence-electron chi connectivity index (χ1n) is 11.0. The van der Waals surface area contributed by atoms with E-state index in [9.17, 15) is 4.79 Å². The SMILES string of the molecule is CNC(=O)OC(C)(C)C.COc1ccc(-c2cccnc2)cc1CNC1CCCCC1. The fraction of sp³-hybridized carbons (Fsp3) is 0.520. The topological polar surface area (TPSA) is 72.5 Å². The Morgan fingerprint density at radius 3 is 2.42 bits per heavy atom. The molecule has 0 spiro atoms. The zero-order valence-electron chi connectivity index (χ0n) is 19.5. The van der Waals surface area contributed by atoms with Crippen LogP contribution in [-0.4, -0.2) is 36.9 Å². The smallest absolute Gasteiger partial charge is 0.407 e. The van der Waals surface area contributed by atoms with Crippen LogP contribution in [0.3, 0.4) is 0 Å². The highest BCUT2D eigenvalue weighted by Gasteiger charge is 2.15. The molecule has 0 radical (unpaired) electrons. The molecule has 1 aromatic carbocycles. The summed E-state index contributed by atoms with van der Waals surface area (Å²) in [6.07, 6.45) is 10.0. The molecule has 1 aliphatic carbocycles. The van der Waals surface area contributed by atoms with Crippen molar-refractivity contribution in [3.63, 3.8) is 0 Å². The highest BCUT2D eigenvalue weighted by molar-refractivity contribution is 5.67. The van der Waals surface area contributed by atoms with Crippen LogP contribution in [0.25, 0.3) is 11.1 Å². The standard InChI is InChI=1S/C19H24N2O.C6H13NO2/c1-22-19-10-9-15(16-6-5-11-20-13-16)12-17(19)14-21-18-7-3-2-4-8-18;1-6(2,3)9-5(8)7-4/h5-6,9-13,18,21H,2-4,7-8,14H2,1H3;1-4H3,(H,7,8). The molecule has 3 rings (SSSR count). The first kappa shape index (κ1) is 24.7. The molecule has 1 amide bonds. The number of carbonyl (C=O) groups excluding carboxylic acids is 1. The summed E-state index contributed by atoms with van der Waals surface area (Å²) >= 11 is 0. The Hall–Kier alpha value is -2.60. The average Bonchev–Trinajstić information content (AvgIpc) is 2.78. The number of amides is 1. The summed E-state index contributed by atoms with van der Waals surface area (Å²) < 4.78 is 10.4. The van der Waals surface area contributed by atoms with E-state index in [4.69, 9.17) is 9.47 Å². The van der Waals surface area contributed by atoms with Crippen LogP contribution in [0.2, 0.25) is 0 Å². The minimum atomic E-state index is -0.389. The van der Waals surface area contributed by atoms with Gasteiger partial charge < -0.3 is 20.1 Å². The molecule has 1 heterocycles. The quantitative estimate of drug-likeness (QED) is 0.676. The molecule has 2 aromatic rings. The van der Waals surface area contributed by atoms with E-state index in [1.54, 1.807) is 13.3 Å². The second-order valence-electron chi connectivity index (χ2n) is 8.74. The maximum absolute atomic E-state index is 10.5. The molecule has 31 heavy (non-hydrogen) atoms. The lowest BCUT2D eigenvalue weighted by Gasteiger charge is -2.23. The van der Waals surface area contributed by atoms with E-state index in [-0.39, 0.29) is 11.7 Å². The minimum absolute atomic E-state index is 0.387. The van der Waals surface area contributed by atoms with Crippen molar-refractivity contribution in [1.29, 1.82) is 0 Å². The van der Waals surface area contributed by atoms with Crippen LogP contribution in [0, 0.1) is 0 Å². The zero-order chi connectivity index (χ0) is 22.7. The Labute approximate surface area is 186 Å². The monoisotopic (exact) mass is 427 g/mol. The molecule has 0 saturated heterocycles. The number of methoxy groups -OCH3 is 1. The molecule has 0 atom stereocenters. The number of alkyl carbamates (subject to hydrolysis) is 1. The summed E-state index contributed by atoms with van der Waals surface area (Å²) in [5.74, 6) is 0.955. The number of nitrogens with one attached hydrogen (secondary N) is 2. The fourth-order valence-corrected chi connectivity index (χ4v) is 3.52. The molecule has 1 aliphatic rings. The van der Waals surface area contributed by atoms with Crippen LogP contribution in [0.15, 0.2) is 42.7 Å². The van der Waals surface area contributed by atoms with Crippen molar-refractivity contribution in [3.05, 3.63) is 48.3 Å². The Bertz CT molecular complexity index is 797. The molecule has 1 aromatic heterocycles. The first-order chi connectivity index (χ1) is 14.8. The highest BCUT2D eigenvalue weighted by Crippen LogP contribution is 2.27. The number of carbonyl (C=O) groups is 1. The van der Waals surface area contributed by atoms with Gasteiger partial charge in [-0.15, -0.1) is 0 Å². The number of pyridine rings is 1. The lowest BCUT2D eigenvalue weighted by molar-refractivity contribution is 0.0541. The van der Waals surface area contributed by atoms with Crippen molar-refractivity contribution in [2.75, 3.05) is 14.2 Å². The van der Waals surface area contributed by atoms with Gasteiger partial charge in [-0.1, -0.05) is 31.4 Å². The van der Waals surface area contributed by atoms with Gasteiger partial charge in [-0.2, -0.15) is 0 Å². The van der Waals surface area contributed by atoms with Crippen LogP contribution >= 0.6 is 0 Å². The van der Waals surface area contributed by atoms with Gasteiger partial charge in [-0.05, 0) is 57.4 Å². The van der Waals surface area contributed by atoms with Gasteiger partial charge in [0.1, 0.15) is 11.4 Å². The number of rotatable bonds is 5. The van der Waals surface area contributed by atoms with Crippen LogP contribution < -0.4 is 15.4 Å². The molecule has 1 saturated carbocycles. The van der Waals surface area contributed by atoms with E-state index in [1.807, 2.05) is 33.0 Å². The van der Waals surface area contributed by atoms with Crippen molar-refractivity contribution in [3.8, 4) is 16.9 Å². The maximum Gasteiger partial charge on any atom is 0.407 e. The Morgan fingerprint density at radius 1 is 1.13 bits per heavy atom. The summed E-state index contributed by atoms with van der Waals surface area (Å²) in [4.78, 5) is 14.7. The molecule has 0 unspecified atom stereocenters. The second-order valence-corrected chi connectivity index (χ2v) is 8.74. The first-order valence-corrected chi connectivity index (χ1v) is 11.0. The van der Waals surface area contributed by atoms with Gasteiger partial charge in [0.05, 0.1) is 7.11 Å². The third kappa shape index (κ3) is 8.97. The summed E-state index contributed by atoms with van der Waals surface area (Å²) in [7, 11) is 3.28. The van der Waals surface area contributed by atoms with Gasteiger partial charge in [-0.25, -0.2) is 4.79 Å². The summed E-state index contributed by atoms with van der Waals surface area (Å²) in [6.45, 7) is 6.33. The van der Waals surface area contributed by atoms with Gasteiger partial charge in [0.2, 0.25) is 0 Å². The van der Waals surface area contributed by atoms with Gasteiger partial charge in [0, 0.05) is 43.2 Å². The highest BCUT2D eigenvalue weighted by atomic mass is 16.6. The van der Waals surface area contributed by atoms with Crippen LogP contribution in [-0.2, 0) is 11.3 Å². The fourth-order valence-electron chi connectivity index (χ4n) is 3.52. The second kappa shape index (κ2) is 12.3. The lowest BCUT2D eigenvalue weighted by Crippen LogP contribution is -2.30. The summed E-state index contributed by atoms with van der Waals surface area (Å²) in [5.41, 5.74) is 3.16. The van der Waals surface area contributed by atoms with E-state index < -0.39 is 0 Å². The Morgan fingerprint density at radius 2 is 1.87 bits per heavy atom. The van der Waals surface area contributed by atoms with Crippen molar-refractivity contribution in [2.24, 2.45) is 0 Å². The molecule has 6 heteroatoms. The number of aromatic nitrogens is 1. The summed E-state index contributed by atoms with van der Waals surface area (Å²) in [6, 6.07) is 11.1. The average molecular weight is 428 g/mol. The molecule has 2 N–H and O–H groups in total. The van der Waals surface area contributed by atoms with E-state index in [1.165, 1.54) is 50.3 Å². The van der Waals surface area contributed by atoms with E-state index >= 15 is 0 Å². The van der Waals surface area contributed by atoms with Crippen molar-refractivity contribution < 1.29 is 14.3 Å². The van der Waals surface area contributed by atoms with E-state index in [2.05, 4.69) is 39.9 Å². The van der Waals surface area contributed by atoms with Crippen molar-refractivity contribution in [1.82, 2.24) is 15.6 Å². The molecular formula is C25H37N3O3. The molecular weight excluding hydrogens is 390 g/mol. The number of benzene rings is 1. The largest absolute Gasteiger partial charge is 0.496 e. The number of hydrogen-bond donors (Lipinski definition) is 2. The predicted molar refractivity (Wildman–Crippen MR) is 125 cm³/mol. The molecule has 6 nitrogen and oxygen atoms in total. The number of ether oxygens (including phenoxy) is 2. The van der Waals surface area contributed by atoms with E-state index in [0.717, 1.165) is 17.9 Å². The Kier molecular flexibility index (Phi) is 9.79. The Balaban J connectivity index is 0.000000323. The molecule has 170 valence electrons. The normalized spacial score (nSPS) is 14.2. The maximum atomic E-state index is 10.5. The third-order valence-corrected chi connectivity index (χ3v) is 5.06. The lowest BCUT2D eigenvalue weighted by atomic mass is 9.95. The minimum Gasteiger partial charge on any atom is -0.496 e. The van der Waals surface area contributed by atoms with Crippen LogP contribution in [0.5, 0.6) is 5.75 Å². The predicted octanol–water partition coefficient (Wildman–Crippen LogP) is 5.32. The van der Waals surface area contributed by atoms with Crippen molar-refractivity contribution in [2.45, 2.75) is 71.1 Å². The van der Waals surface area contributed by atoms with Gasteiger partial charge >= 0.3 is 6.09 Å². The molecule has 1 fully saturated rings. The number of nitrogens with zero attached hydrogens (tertiary/aromatic N) is 1. The van der Waals surface area contributed by atoms with Gasteiger partial charge in [0.15, 0.2) is 0 Å². The molecule has 0 bridgehead atoms. The van der Waals surface area contributed by atoms with Gasteiger partial charge in [0.25, 0.3) is 0 Å². The number of hydrogen-bond acceptors (Lipinski definition) is 5. The molecule has 0 aliphatic heterocycles.